The van der Waals surface area contributed by atoms with Gasteiger partial charge in [0.15, 0.2) is 0 Å². The number of halogens is 2. The van der Waals surface area contributed by atoms with Gasteiger partial charge in [0.2, 0.25) is 0 Å². The molecule has 1 N–H and O–H groups in total. The van der Waals surface area contributed by atoms with E-state index in [0.29, 0.717) is 31.9 Å². The molecule has 0 amide bonds. The van der Waals surface area contributed by atoms with Crippen LogP contribution in [0.15, 0.2) is 42.7 Å². The molecule has 0 aliphatic carbocycles. The molecule has 2 heterocycles. The minimum absolute atomic E-state index is 0.440. The maximum atomic E-state index is 13.9. The van der Waals surface area contributed by atoms with E-state index in [1.807, 2.05) is 30.9 Å². The van der Waals surface area contributed by atoms with E-state index in [-0.39, 0.29) is 0 Å². The normalized spacial score (nSPS) is 14.6. The zero-order chi connectivity index (χ0) is 18.0. The molecule has 0 radical (unpaired) electrons. The Bertz CT molecular complexity index is 763. The van der Waals surface area contributed by atoms with Crippen molar-refractivity contribution in [3.63, 3.8) is 0 Å². The third kappa shape index (κ3) is 4.07. The highest BCUT2D eigenvalue weighted by Crippen LogP contribution is 2.22. The molecule has 0 spiro atoms. The molecule has 25 heavy (non-hydrogen) atoms. The van der Waals surface area contributed by atoms with Crippen molar-refractivity contribution in [3.05, 3.63) is 65.6 Å². The number of aromatic nitrogens is 1. The summed E-state index contributed by atoms with van der Waals surface area (Å²) < 4.78 is 27.0. The van der Waals surface area contributed by atoms with Gasteiger partial charge >= 0.3 is 0 Å². The molecule has 6 heteroatoms. The minimum atomic E-state index is -0.557. The molecule has 1 aliphatic heterocycles. The Morgan fingerprint density at radius 3 is 2.44 bits per heavy atom. The van der Waals surface area contributed by atoms with Crippen LogP contribution in [0.1, 0.15) is 11.3 Å². The first-order chi connectivity index (χ1) is 11.9. The summed E-state index contributed by atoms with van der Waals surface area (Å²) >= 11 is 0. The van der Waals surface area contributed by atoms with Crippen molar-refractivity contribution in [2.75, 3.05) is 36.4 Å². The molecule has 132 valence electrons. The molecule has 0 bridgehead atoms. The Labute approximate surface area is 146 Å². The molecular weight excluding hydrogens is 322 g/mol. The van der Waals surface area contributed by atoms with Crippen molar-refractivity contribution >= 4 is 11.5 Å². The zero-order valence-corrected chi connectivity index (χ0v) is 14.5. The number of nitrogens with zero attached hydrogens (tertiary/aromatic N) is 3. The Kier molecular flexibility index (Phi) is 4.88. The van der Waals surface area contributed by atoms with Crippen molar-refractivity contribution in [2.45, 2.75) is 13.8 Å². The van der Waals surface area contributed by atoms with Gasteiger partial charge in [-0.3, -0.25) is 0 Å². The van der Waals surface area contributed by atoms with Gasteiger partial charge in [0.05, 0.1) is 11.5 Å². The molecule has 0 unspecified atom stereocenters. The second kappa shape index (κ2) is 7.09. The fourth-order valence-electron chi connectivity index (χ4n) is 3.09. The first kappa shape index (κ1) is 17.2. The topological polar surface area (TPSA) is 31.4 Å². The van der Waals surface area contributed by atoms with Crippen molar-refractivity contribution in [1.29, 1.82) is 0 Å². The largest absolute Gasteiger partial charge is 0.366 e. The predicted octanol–water partition coefficient (Wildman–Crippen LogP) is 3.68. The molecule has 1 saturated heterocycles. The Morgan fingerprint density at radius 1 is 1.08 bits per heavy atom. The third-order valence-electron chi connectivity index (χ3n) is 4.28. The van der Waals surface area contributed by atoms with Crippen molar-refractivity contribution in [1.82, 2.24) is 9.88 Å². The number of hydrogen-bond acceptors (Lipinski definition) is 4. The monoisotopic (exact) mass is 344 g/mol. The van der Waals surface area contributed by atoms with Crippen molar-refractivity contribution < 1.29 is 8.78 Å². The molecule has 1 aliphatic rings. The molecule has 1 aromatic heterocycles. The van der Waals surface area contributed by atoms with Crippen molar-refractivity contribution in [2.24, 2.45) is 0 Å². The van der Waals surface area contributed by atoms with Crippen molar-refractivity contribution in [3.8, 4) is 0 Å². The van der Waals surface area contributed by atoms with Gasteiger partial charge < -0.3 is 15.1 Å². The fourth-order valence-corrected chi connectivity index (χ4v) is 3.09. The molecule has 3 rings (SSSR count). The van der Waals surface area contributed by atoms with Crippen LogP contribution < -0.4 is 10.2 Å². The highest BCUT2D eigenvalue weighted by Gasteiger charge is 2.20. The molecule has 1 fully saturated rings. The summed E-state index contributed by atoms with van der Waals surface area (Å²) in [6, 6.07) is 7.70. The second-order valence-electron chi connectivity index (χ2n) is 6.31. The number of nitrogens with one attached hydrogen (secondary N) is 1. The average Bonchev–Trinajstić information content (AvgIpc) is 2.54. The summed E-state index contributed by atoms with van der Waals surface area (Å²) in [6.07, 6.45) is 0. The lowest BCUT2D eigenvalue weighted by atomic mass is 10.2. The minimum Gasteiger partial charge on any atom is -0.366 e. The van der Waals surface area contributed by atoms with Crippen LogP contribution in [0.5, 0.6) is 0 Å². The van der Waals surface area contributed by atoms with Gasteiger partial charge in [-0.25, -0.2) is 13.8 Å². The van der Waals surface area contributed by atoms with E-state index in [9.17, 15) is 8.78 Å². The van der Waals surface area contributed by atoms with Gasteiger partial charge in [0.1, 0.15) is 17.5 Å². The number of rotatable bonds is 4. The Morgan fingerprint density at radius 2 is 1.80 bits per heavy atom. The number of benzene rings is 1. The van der Waals surface area contributed by atoms with E-state index in [1.54, 1.807) is 0 Å². The average molecular weight is 344 g/mol. The molecule has 1 aromatic carbocycles. The maximum absolute atomic E-state index is 13.9. The van der Waals surface area contributed by atoms with Crippen LogP contribution in [-0.4, -0.2) is 36.1 Å². The smallest absolute Gasteiger partial charge is 0.149 e. The lowest BCUT2D eigenvalue weighted by Crippen LogP contribution is -2.47. The Hall–Kier alpha value is -2.63. The number of pyridine rings is 1. The quantitative estimate of drug-likeness (QED) is 0.917. The van der Waals surface area contributed by atoms with E-state index < -0.39 is 11.6 Å². The van der Waals surface area contributed by atoms with E-state index in [4.69, 9.17) is 0 Å². The van der Waals surface area contributed by atoms with Gasteiger partial charge in [0, 0.05) is 37.9 Å². The highest BCUT2D eigenvalue weighted by molar-refractivity contribution is 5.49. The molecule has 2 aromatic rings. The van der Waals surface area contributed by atoms with E-state index in [0.717, 1.165) is 29.0 Å². The van der Waals surface area contributed by atoms with Crippen LogP contribution in [0.4, 0.5) is 20.3 Å². The number of aryl methyl sites for hydroxylation is 2. The van der Waals surface area contributed by atoms with E-state index >= 15 is 0 Å². The number of anilines is 2. The standard InChI is InChI=1S/C19H22F2N4/c1-13-10-14(2)22-19(11-13)23-15(3)24-6-8-25(9-7-24)18-5-4-16(20)12-17(18)21/h4-5,10-12H,3,6-9H2,1-2H3,(H,22,23). The fraction of sp³-hybridized carbons (Fsp3) is 0.316. The summed E-state index contributed by atoms with van der Waals surface area (Å²) in [5, 5.41) is 3.24. The van der Waals surface area contributed by atoms with Crippen LogP contribution in [0.25, 0.3) is 0 Å². The number of piperazine rings is 1. The zero-order valence-electron chi connectivity index (χ0n) is 14.5. The van der Waals surface area contributed by atoms with Gasteiger partial charge in [-0.05, 0) is 43.7 Å². The molecular formula is C19H22F2N4. The summed E-state index contributed by atoms with van der Waals surface area (Å²) in [6.45, 7) is 10.8. The van der Waals surface area contributed by atoms with Gasteiger partial charge in [0.25, 0.3) is 0 Å². The van der Waals surface area contributed by atoms with Crippen LogP contribution in [-0.2, 0) is 0 Å². The second-order valence-corrected chi connectivity index (χ2v) is 6.31. The van der Waals surface area contributed by atoms with Gasteiger partial charge in [-0.1, -0.05) is 6.58 Å². The lowest BCUT2D eigenvalue weighted by Gasteiger charge is -2.38. The van der Waals surface area contributed by atoms with Gasteiger partial charge in [-0.2, -0.15) is 0 Å². The molecule has 0 atom stereocenters. The maximum Gasteiger partial charge on any atom is 0.149 e. The molecule has 4 nitrogen and oxygen atoms in total. The van der Waals surface area contributed by atoms with Crippen LogP contribution in [0.3, 0.4) is 0 Å². The number of hydrogen-bond donors (Lipinski definition) is 1. The van der Waals surface area contributed by atoms with E-state index in [1.165, 1.54) is 12.1 Å². The molecule has 0 saturated carbocycles. The van der Waals surface area contributed by atoms with Crippen LogP contribution >= 0.6 is 0 Å². The third-order valence-corrected chi connectivity index (χ3v) is 4.28. The SMILES string of the molecule is C=C(Nc1cc(C)cc(C)n1)N1CCN(c2ccc(F)cc2F)CC1. The Balaban J connectivity index is 1.60. The first-order valence-electron chi connectivity index (χ1n) is 8.28. The van der Waals surface area contributed by atoms with Gasteiger partial charge in [-0.15, -0.1) is 0 Å². The summed E-state index contributed by atoms with van der Waals surface area (Å²) in [4.78, 5) is 8.49. The first-order valence-corrected chi connectivity index (χ1v) is 8.28. The lowest BCUT2D eigenvalue weighted by molar-refractivity contribution is 0.324. The highest BCUT2D eigenvalue weighted by atomic mass is 19.1. The van der Waals surface area contributed by atoms with Crippen LogP contribution in [0.2, 0.25) is 0 Å². The van der Waals surface area contributed by atoms with Crippen LogP contribution in [0, 0.1) is 25.5 Å². The summed E-state index contributed by atoms with van der Waals surface area (Å²) in [5.41, 5.74) is 2.53. The van der Waals surface area contributed by atoms with E-state index in [2.05, 4.69) is 21.8 Å². The summed E-state index contributed by atoms with van der Waals surface area (Å²) in [5.74, 6) is 0.467. The summed E-state index contributed by atoms with van der Waals surface area (Å²) in [7, 11) is 0. The predicted molar refractivity (Wildman–Crippen MR) is 96.6 cm³/mol.